The number of allylic oxidation sites excluding steroid dienone is 2. The second kappa shape index (κ2) is 10.0. The Kier molecular flexibility index (Phi) is 7.03. The van der Waals surface area contributed by atoms with E-state index in [0.717, 1.165) is 47.4 Å². The quantitative estimate of drug-likeness (QED) is 0.616. The zero-order chi connectivity index (χ0) is 26.0. The van der Waals surface area contributed by atoms with Gasteiger partial charge in [0.05, 0.1) is 34.8 Å². The van der Waals surface area contributed by atoms with Crippen LogP contribution in [0.25, 0.3) is 10.9 Å². The number of hydrogen-bond acceptors (Lipinski definition) is 7. The number of anilines is 1. The van der Waals surface area contributed by atoms with Crippen LogP contribution in [-0.2, 0) is 4.74 Å². The molecule has 9 heteroatoms. The molecule has 2 aliphatic rings. The first-order chi connectivity index (χ1) is 17.1. The molecule has 0 spiro atoms. The average Bonchev–Trinajstić information content (AvgIpc) is 3.23. The molecule has 4 rings (SSSR count). The lowest BCUT2D eigenvalue weighted by atomic mass is 9.76. The molecule has 0 radical (unpaired) electrons. The zero-order valence-corrected chi connectivity index (χ0v) is 21.6. The second-order valence-corrected chi connectivity index (χ2v) is 10.6. The van der Waals surface area contributed by atoms with E-state index in [4.69, 9.17) is 4.74 Å². The van der Waals surface area contributed by atoms with Gasteiger partial charge in [0, 0.05) is 36.7 Å². The Bertz CT molecular complexity index is 1290. The van der Waals surface area contributed by atoms with E-state index in [1.54, 1.807) is 4.90 Å². The molecule has 1 aromatic carbocycles. The van der Waals surface area contributed by atoms with Crippen LogP contribution in [0.5, 0.6) is 0 Å². The molecule has 1 aromatic heterocycles. The maximum absolute atomic E-state index is 12.3. The minimum absolute atomic E-state index is 0.251. The normalized spacial score (nSPS) is 21.1. The van der Waals surface area contributed by atoms with Crippen molar-refractivity contribution in [2.45, 2.75) is 59.0 Å². The van der Waals surface area contributed by atoms with Gasteiger partial charge < -0.3 is 15.0 Å². The molecule has 2 aromatic rings. The average molecular weight is 488 g/mol. The predicted octanol–water partition coefficient (Wildman–Crippen LogP) is 5.12. The van der Waals surface area contributed by atoms with E-state index in [2.05, 4.69) is 32.6 Å². The van der Waals surface area contributed by atoms with Crippen molar-refractivity contribution in [3.8, 4) is 12.1 Å². The molecular weight excluding hydrogens is 454 g/mol. The molecule has 9 nitrogen and oxygen atoms in total. The maximum Gasteiger partial charge on any atom is 0.410 e. The number of carbonyl (C=O) groups excluding carboxylic acids is 1. The number of aromatic amines is 1. The molecular formula is C27H33N7O2. The fourth-order valence-electron chi connectivity index (χ4n) is 4.95. The summed E-state index contributed by atoms with van der Waals surface area (Å²) in [5, 5.41) is 31.6. The van der Waals surface area contributed by atoms with Crippen molar-refractivity contribution in [1.29, 1.82) is 10.5 Å². The maximum atomic E-state index is 12.3. The SMILES string of the molecule is CC1=NC(C)=C(C#N)C(c2ccc3[nH]nc(NCC4CCN(C(=O)OC(C)(C)C)CC4)c3c2)C1C#N. The number of hydrogen-bond donors (Lipinski definition) is 2. The van der Waals surface area contributed by atoms with Crippen molar-refractivity contribution >= 4 is 28.5 Å². The molecule has 1 saturated heterocycles. The van der Waals surface area contributed by atoms with Gasteiger partial charge in [0.1, 0.15) is 5.60 Å². The molecule has 1 fully saturated rings. The van der Waals surface area contributed by atoms with E-state index < -0.39 is 11.5 Å². The van der Waals surface area contributed by atoms with E-state index in [1.165, 1.54) is 0 Å². The summed E-state index contributed by atoms with van der Waals surface area (Å²) in [4.78, 5) is 18.5. The highest BCUT2D eigenvalue weighted by Crippen LogP contribution is 2.39. The molecule has 0 bridgehead atoms. The van der Waals surface area contributed by atoms with Crippen LogP contribution in [0.15, 0.2) is 34.5 Å². The number of amides is 1. The lowest BCUT2D eigenvalue weighted by molar-refractivity contribution is 0.0188. The number of aromatic nitrogens is 2. The molecule has 2 atom stereocenters. The monoisotopic (exact) mass is 487 g/mol. The van der Waals surface area contributed by atoms with Gasteiger partial charge in [0.15, 0.2) is 5.82 Å². The first-order valence-electron chi connectivity index (χ1n) is 12.4. The van der Waals surface area contributed by atoms with Crippen molar-refractivity contribution in [3.05, 3.63) is 35.0 Å². The summed E-state index contributed by atoms with van der Waals surface area (Å²) in [6.45, 7) is 11.4. The van der Waals surface area contributed by atoms with Gasteiger partial charge in [-0.25, -0.2) is 4.79 Å². The van der Waals surface area contributed by atoms with Crippen LogP contribution in [0.4, 0.5) is 10.6 Å². The van der Waals surface area contributed by atoms with Gasteiger partial charge in [-0.05, 0) is 71.1 Å². The van der Waals surface area contributed by atoms with Gasteiger partial charge >= 0.3 is 6.09 Å². The largest absolute Gasteiger partial charge is 0.444 e. The second-order valence-electron chi connectivity index (χ2n) is 10.6. The van der Waals surface area contributed by atoms with Crippen LogP contribution in [0.1, 0.15) is 58.9 Å². The summed E-state index contributed by atoms with van der Waals surface area (Å²) in [7, 11) is 0. The molecule has 2 N–H and O–H groups in total. The molecule has 2 aliphatic heterocycles. The topological polar surface area (TPSA) is 130 Å². The summed E-state index contributed by atoms with van der Waals surface area (Å²) in [6.07, 6.45) is 1.53. The Morgan fingerprint density at radius 3 is 2.61 bits per heavy atom. The number of H-pyrrole nitrogens is 1. The fraction of sp³-hybridized carbons (Fsp3) is 0.519. The number of piperidine rings is 1. The minimum atomic E-state index is -0.492. The number of nitriles is 2. The third-order valence-electron chi connectivity index (χ3n) is 6.86. The fourth-order valence-corrected chi connectivity index (χ4v) is 4.95. The highest BCUT2D eigenvalue weighted by Gasteiger charge is 2.34. The summed E-state index contributed by atoms with van der Waals surface area (Å²) in [6, 6.07) is 10.5. The predicted molar refractivity (Wildman–Crippen MR) is 138 cm³/mol. The van der Waals surface area contributed by atoms with Crippen molar-refractivity contribution in [2.24, 2.45) is 16.8 Å². The van der Waals surface area contributed by atoms with E-state index in [-0.39, 0.29) is 12.0 Å². The smallest absolute Gasteiger partial charge is 0.410 e. The third kappa shape index (κ3) is 5.21. The van der Waals surface area contributed by atoms with Crippen LogP contribution in [0, 0.1) is 34.5 Å². The number of rotatable bonds is 4. The Balaban J connectivity index is 1.46. The Morgan fingerprint density at radius 2 is 1.97 bits per heavy atom. The number of aliphatic imine (C=N–C) groups is 1. The van der Waals surface area contributed by atoms with E-state index in [1.807, 2.05) is 52.8 Å². The first-order valence-corrected chi connectivity index (χ1v) is 12.4. The van der Waals surface area contributed by atoms with Gasteiger partial charge in [0.2, 0.25) is 0 Å². The van der Waals surface area contributed by atoms with Crippen molar-refractivity contribution in [2.75, 3.05) is 25.0 Å². The summed E-state index contributed by atoms with van der Waals surface area (Å²) < 4.78 is 5.49. The summed E-state index contributed by atoms with van der Waals surface area (Å²) >= 11 is 0. The van der Waals surface area contributed by atoms with E-state index >= 15 is 0 Å². The number of nitrogens with one attached hydrogen (secondary N) is 2. The third-order valence-corrected chi connectivity index (χ3v) is 6.86. The van der Waals surface area contributed by atoms with Crippen LogP contribution in [0.3, 0.4) is 0 Å². The van der Waals surface area contributed by atoms with Gasteiger partial charge in [0.25, 0.3) is 0 Å². The number of carbonyl (C=O) groups is 1. The van der Waals surface area contributed by atoms with Crippen LogP contribution in [-0.4, -0.2) is 52.1 Å². The number of likely N-dealkylation sites (tertiary alicyclic amines) is 1. The lowest BCUT2D eigenvalue weighted by Crippen LogP contribution is -2.42. The summed E-state index contributed by atoms with van der Waals surface area (Å²) in [5.74, 6) is 0.311. The van der Waals surface area contributed by atoms with Gasteiger partial charge in [-0.2, -0.15) is 15.6 Å². The van der Waals surface area contributed by atoms with Gasteiger partial charge in [-0.15, -0.1) is 0 Å². The van der Waals surface area contributed by atoms with E-state index in [9.17, 15) is 15.3 Å². The number of ether oxygens (including phenoxy) is 1. The van der Waals surface area contributed by atoms with Crippen molar-refractivity contribution in [1.82, 2.24) is 15.1 Å². The van der Waals surface area contributed by atoms with Crippen molar-refractivity contribution < 1.29 is 9.53 Å². The Hall–Kier alpha value is -3.85. The molecule has 36 heavy (non-hydrogen) atoms. The van der Waals surface area contributed by atoms with Crippen LogP contribution >= 0.6 is 0 Å². The van der Waals surface area contributed by atoms with E-state index in [0.29, 0.717) is 30.3 Å². The molecule has 2 unspecified atom stereocenters. The van der Waals surface area contributed by atoms with Gasteiger partial charge in [-0.3, -0.25) is 10.1 Å². The Morgan fingerprint density at radius 1 is 1.25 bits per heavy atom. The standard InChI is InChI=1S/C27H33N7O2/c1-16-21(13-28)24(22(14-29)17(2)31-16)19-6-7-23-20(12-19)25(33-32-23)30-15-18-8-10-34(11-9-18)26(35)36-27(3,4)5/h6-7,12,18,21,24H,8-11,15H2,1-5H3,(H2,30,32,33). The molecule has 1 amide bonds. The van der Waals surface area contributed by atoms with Crippen molar-refractivity contribution in [3.63, 3.8) is 0 Å². The highest BCUT2D eigenvalue weighted by molar-refractivity contribution is 5.93. The molecule has 0 saturated carbocycles. The molecule has 0 aliphatic carbocycles. The van der Waals surface area contributed by atoms with Crippen LogP contribution in [0.2, 0.25) is 0 Å². The zero-order valence-electron chi connectivity index (χ0n) is 21.6. The highest BCUT2D eigenvalue weighted by atomic mass is 16.6. The molecule has 188 valence electrons. The number of benzene rings is 1. The van der Waals surface area contributed by atoms with Gasteiger partial charge in [-0.1, -0.05) is 6.07 Å². The minimum Gasteiger partial charge on any atom is -0.444 e. The summed E-state index contributed by atoms with van der Waals surface area (Å²) in [5.41, 5.74) is 3.21. The first kappa shape index (κ1) is 25.2. The lowest BCUT2D eigenvalue weighted by Gasteiger charge is -2.33. The van der Waals surface area contributed by atoms with Crippen LogP contribution < -0.4 is 5.32 Å². The Labute approximate surface area is 211 Å². The number of nitrogens with zero attached hydrogens (tertiary/aromatic N) is 5. The molecule has 3 heterocycles. The number of fused-ring (bicyclic) bond motifs is 1.